The lowest BCUT2D eigenvalue weighted by Gasteiger charge is -2.12. The molecule has 2 heteroatoms. The van der Waals surface area contributed by atoms with E-state index in [0.717, 1.165) is 11.4 Å². The molecular weight excluding hydrogens is 821 g/mol. The zero-order valence-electron chi connectivity index (χ0n) is 37.3. The van der Waals surface area contributed by atoms with Crippen molar-refractivity contribution >= 4 is 43.6 Å². The summed E-state index contributed by atoms with van der Waals surface area (Å²) in [4.78, 5) is 0. The van der Waals surface area contributed by atoms with Gasteiger partial charge in [0.15, 0.2) is 0 Å². The molecule has 0 N–H and O–H groups in total. The summed E-state index contributed by atoms with van der Waals surface area (Å²) in [6.45, 7) is 0. The molecule has 0 fully saturated rings. The van der Waals surface area contributed by atoms with Crippen molar-refractivity contribution in [3.63, 3.8) is 0 Å². The fraction of sp³-hybridized carbons (Fsp3) is 0. The van der Waals surface area contributed by atoms with Crippen LogP contribution in [0.1, 0.15) is 0 Å². The van der Waals surface area contributed by atoms with Crippen LogP contribution >= 0.6 is 0 Å². The lowest BCUT2D eigenvalue weighted by atomic mass is 9.95. The molecule has 0 amide bonds. The predicted molar refractivity (Wildman–Crippen MR) is 288 cm³/mol. The molecule has 0 aliphatic heterocycles. The summed E-state index contributed by atoms with van der Waals surface area (Å²) in [5.74, 6) is 0. The Hall–Kier alpha value is -8.98. The number of hydrogen-bond acceptors (Lipinski definition) is 0. The first-order chi connectivity index (χ1) is 33.7. The Morgan fingerprint density at radius 2 is 0.588 bits per heavy atom. The number of fused-ring (bicyclic) bond motifs is 6. The minimum absolute atomic E-state index is 1.13. The molecule has 0 saturated carbocycles. The van der Waals surface area contributed by atoms with Crippen LogP contribution < -0.4 is 0 Å². The second kappa shape index (κ2) is 16.5. The maximum Gasteiger partial charge on any atom is 0.0547 e. The van der Waals surface area contributed by atoms with E-state index in [1.807, 2.05) is 0 Å². The van der Waals surface area contributed by atoms with E-state index < -0.39 is 0 Å². The lowest BCUT2D eigenvalue weighted by molar-refractivity contribution is 1.18. The van der Waals surface area contributed by atoms with Crippen LogP contribution in [0.2, 0.25) is 0 Å². The minimum atomic E-state index is 1.13. The summed E-state index contributed by atoms with van der Waals surface area (Å²) in [7, 11) is 0. The van der Waals surface area contributed by atoms with Gasteiger partial charge in [0.25, 0.3) is 0 Å². The summed E-state index contributed by atoms with van der Waals surface area (Å²) in [6, 6.07) is 97.3. The zero-order chi connectivity index (χ0) is 45.0. The molecule has 318 valence electrons. The summed E-state index contributed by atoms with van der Waals surface area (Å²) in [5.41, 5.74) is 21.5. The monoisotopic (exact) mass is 864 g/mol. The molecule has 0 saturated heterocycles. The van der Waals surface area contributed by atoms with Crippen LogP contribution in [0.4, 0.5) is 0 Å². The third-order valence-corrected chi connectivity index (χ3v) is 13.7. The highest BCUT2D eigenvalue weighted by atomic mass is 15.0. The maximum absolute atomic E-state index is 2.43. The molecule has 0 aliphatic carbocycles. The number of nitrogens with zero attached hydrogens (tertiary/aromatic N) is 2. The third-order valence-electron chi connectivity index (χ3n) is 13.7. The first-order valence-corrected chi connectivity index (χ1v) is 23.4. The standard InChI is InChI=1S/C66H44N2/c1-3-15-45(16-4-1)50-19-11-21-52(41-50)53-22-12-20-51(42-53)49-33-31-47(32-34-49)48-35-38-56(39-36-48)67-63-29-10-8-26-61(63)66-58(27-14-30-64(66)67)55-37-40-60-59-25-7-9-28-62(59)68(65(60)44-55)57-24-13-23-54(43-57)46-17-5-2-6-18-46/h1-44H. The smallest absolute Gasteiger partial charge is 0.0547 e. The van der Waals surface area contributed by atoms with E-state index in [1.54, 1.807) is 0 Å². The Balaban J connectivity index is 0.845. The fourth-order valence-corrected chi connectivity index (χ4v) is 10.5. The normalized spacial score (nSPS) is 11.5. The molecule has 0 aliphatic rings. The molecule has 0 bridgehead atoms. The van der Waals surface area contributed by atoms with Gasteiger partial charge in [-0.3, -0.25) is 0 Å². The number of hydrogen-bond donors (Lipinski definition) is 0. The van der Waals surface area contributed by atoms with Crippen molar-refractivity contribution < 1.29 is 0 Å². The van der Waals surface area contributed by atoms with E-state index in [0.29, 0.717) is 0 Å². The molecule has 2 nitrogen and oxygen atoms in total. The zero-order valence-corrected chi connectivity index (χ0v) is 37.3. The van der Waals surface area contributed by atoms with Crippen molar-refractivity contribution in [1.29, 1.82) is 0 Å². The molecule has 0 spiro atoms. The minimum Gasteiger partial charge on any atom is -0.309 e. The van der Waals surface area contributed by atoms with Gasteiger partial charge in [-0.2, -0.15) is 0 Å². The van der Waals surface area contributed by atoms with Gasteiger partial charge in [-0.25, -0.2) is 0 Å². The summed E-state index contributed by atoms with van der Waals surface area (Å²) < 4.78 is 4.86. The molecule has 0 atom stereocenters. The lowest BCUT2D eigenvalue weighted by Crippen LogP contribution is -1.95. The van der Waals surface area contributed by atoms with Gasteiger partial charge in [0.05, 0.1) is 22.1 Å². The molecule has 11 aromatic carbocycles. The number of benzene rings is 11. The van der Waals surface area contributed by atoms with E-state index >= 15 is 0 Å². The van der Waals surface area contributed by atoms with Crippen LogP contribution in [0.5, 0.6) is 0 Å². The van der Waals surface area contributed by atoms with Crippen LogP contribution in [-0.4, -0.2) is 9.13 Å². The Kier molecular flexibility index (Phi) is 9.54. The second-order valence-corrected chi connectivity index (χ2v) is 17.7. The number of rotatable bonds is 8. The van der Waals surface area contributed by atoms with Crippen LogP contribution in [-0.2, 0) is 0 Å². The van der Waals surface area contributed by atoms with E-state index in [1.165, 1.54) is 110 Å². The summed E-state index contributed by atoms with van der Waals surface area (Å²) >= 11 is 0. The van der Waals surface area contributed by atoms with E-state index in [4.69, 9.17) is 0 Å². The summed E-state index contributed by atoms with van der Waals surface area (Å²) in [6.07, 6.45) is 0. The molecule has 0 unspecified atom stereocenters. The SMILES string of the molecule is c1ccc(-c2cccc(-c3cccc(-c4ccc(-c5ccc(-n6c7ccccc7c7c(-c8ccc9c%10ccccc%10n(-c%10cccc(-c%11ccccc%11)c%10)c9c8)cccc76)cc5)cc4)c3)c2)cc1. The quantitative estimate of drug-likeness (QED) is 0.144. The van der Waals surface area contributed by atoms with Crippen LogP contribution in [0.25, 0.3) is 122 Å². The van der Waals surface area contributed by atoms with Crippen molar-refractivity contribution in [1.82, 2.24) is 9.13 Å². The first kappa shape index (κ1) is 39.4. The summed E-state index contributed by atoms with van der Waals surface area (Å²) in [5, 5.41) is 4.99. The second-order valence-electron chi connectivity index (χ2n) is 17.7. The van der Waals surface area contributed by atoms with Gasteiger partial charge in [-0.1, -0.05) is 206 Å². The van der Waals surface area contributed by atoms with Crippen molar-refractivity contribution in [3.8, 4) is 78.1 Å². The van der Waals surface area contributed by atoms with Gasteiger partial charge in [-0.15, -0.1) is 0 Å². The van der Waals surface area contributed by atoms with Gasteiger partial charge in [0.2, 0.25) is 0 Å². The van der Waals surface area contributed by atoms with Gasteiger partial charge >= 0.3 is 0 Å². The van der Waals surface area contributed by atoms with Crippen LogP contribution in [0.15, 0.2) is 267 Å². The number of aromatic nitrogens is 2. The molecule has 13 rings (SSSR count). The number of para-hydroxylation sites is 2. The van der Waals surface area contributed by atoms with Crippen LogP contribution in [0.3, 0.4) is 0 Å². The van der Waals surface area contributed by atoms with Crippen LogP contribution in [0, 0.1) is 0 Å². The Bertz CT molecular complexity index is 3990. The van der Waals surface area contributed by atoms with Gasteiger partial charge in [0, 0.05) is 32.9 Å². The largest absolute Gasteiger partial charge is 0.309 e. The molecule has 13 aromatic rings. The van der Waals surface area contributed by atoms with Crippen molar-refractivity contribution in [2.45, 2.75) is 0 Å². The van der Waals surface area contributed by atoms with Gasteiger partial charge < -0.3 is 9.13 Å². The Morgan fingerprint density at radius 1 is 0.191 bits per heavy atom. The highest BCUT2D eigenvalue weighted by molar-refractivity contribution is 6.17. The molecule has 68 heavy (non-hydrogen) atoms. The van der Waals surface area contributed by atoms with Crippen molar-refractivity contribution in [2.24, 2.45) is 0 Å². The average molecular weight is 865 g/mol. The Morgan fingerprint density at radius 3 is 1.22 bits per heavy atom. The van der Waals surface area contributed by atoms with E-state index in [9.17, 15) is 0 Å². The first-order valence-electron chi connectivity index (χ1n) is 23.4. The molecule has 2 aromatic heterocycles. The van der Waals surface area contributed by atoms with Crippen molar-refractivity contribution in [3.05, 3.63) is 267 Å². The van der Waals surface area contributed by atoms with Gasteiger partial charge in [-0.05, 0) is 127 Å². The van der Waals surface area contributed by atoms with Crippen molar-refractivity contribution in [2.75, 3.05) is 0 Å². The fourth-order valence-electron chi connectivity index (χ4n) is 10.5. The predicted octanol–water partition coefficient (Wildman–Crippen LogP) is 17.9. The van der Waals surface area contributed by atoms with Gasteiger partial charge in [0.1, 0.15) is 0 Å². The van der Waals surface area contributed by atoms with E-state index in [-0.39, 0.29) is 0 Å². The highest BCUT2D eigenvalue weighted by Crippen LogP contribution is 2.42. The highest BCUT2D eigenvalue weighted by Gasteiger charge is 2.19. The molecule has 2 heterocycles. The maximum atomic E-state index is 2.43. The Labute approximate surface area is 395 Å². The average Bonchev–Trinajstić information content (AvgIpc) is 3.94. The topological polar surface area (TPSA) is 9.86 Å². The van der Waals surface area contributed by atoms with E-state index in [2.05, 4.69) is 276 Å². The third kappa shape index (κ3) is 6.82. The molecule has 0 radical (unpaired) electrons. The molecular formula is C66H44N2.